The molecular weight excluding hydrogens is 168 g/mol. The van der Waals surface area contributed by atoms with Crippen LogP contribution in [-0.4, -0.2) is 23.3 Å². The first kappa shape index (κ1) is 9.95. The molecule has 13 heavy (non-hydrogen) atoms. The summed E-state index contributed by atoms with van der Waals surface area (Å²) < 4.78 is 5.16. The van der Waals surface area contributed by atoms with Gasteiger partial charge in [-0.15, -0.1) is 0 Å². The van der Waals surface area contributed by atoms with Gasteiger partial charge in [-0.1, -0.05) is 6.07 Å². The van der Waals surface area contributed by atoms with Crippen molar-refractivity contribution >= 4 is 0 Å². The van der Waals surface area contributed by atoms with Crippen LogP contribution in [0.4, 0.5) is 0 Å². The smallest absolute Gasteiger partial charge is 0.213 e. The van der Waals surface area contributed by atoms with Crippen molar-refractivity contribution in [2.45, 2.75) is 13.0 Å². The fraction of sp³-hybridized carbons (Fsp3) is 0.444. The van der Waals surface area contributed by atoms with Crippen molar-refractivity contribution in [1.29, 1.82) is 0 Å². The molecule has 0 spiro atoms. The minimum atomic E-state index is -0.358. The summed E-state index contributed by atoms with van der Waals surface area (Å²) in [6, 6.07) is 3.19. The zero-order valence-electron chi connectivity index (χ0n) is 7.60. The quantitative estimate of drug-likeness (QED) is 0.710. The molecule has 1 aromatic rings. The van der Waals surface area contributed by atoms with Crippen molar-refractivity contribution in [2.24, 2.45) is 5.73 Å². The number of aromatic nitrogens is 1. The van der Waals surface area contributed by atoms with Gasteiger partial charge in [0, 0.05) is 12.3 Å². The van der Waals surface area contributed by atoms with Crippen molar-refractivity contribution in [3.05, 3.63) is 23.9 Å². The molecule has 0 aliphatic rings. The van der Waals surface area contributed by atoms with Crippen molar-refractivity contribution in [2.75, 3.05) is 13.2 Å². The molecule has 0 radical (unpaired) electrons. The maximum absolute atomic E-state index is 8.78. The van der Waals surface area contributed by atoms with Gasteiger partial charge in [-0.25, -0.2) is 4.98 Å². The predicted molar refractivity (Wildman–Crippen MR) is 49.4 cm³/mol. The molecule has 1 aromatic heterocycles. The van der Waals surface area contributed by atoms with E-state index in [0.717, 1.165) is 5.56 Å². The molecule has 0 amide bonds. The molecule has 0 unspecified atom stereocenters. The topological polar surface area (TPSA) is 68.4 Å². The first-order valence-electron chi connectivity index (χ1n) is 4.23. The third-order valence-electron chi connectivity index (χ3n) is 1.68. The van der Waals surface area contributed by atoms with E-state index in [1.807, 2.05) is 6.92 Å². The van der Waals surface area contributed by atoms with E-state index in [9.17, 15) is 0 Å². The second-order valence-corrected chi connectivity index (χ2v) is 2.65. The highest BCUT2D eigenvalue weighted by Gasteiger charge is 2.04. The fourth-order valence-corrected chi connectivity index (χ4v) is 0.950. The number of pyridine rings is 1. The van der Waals surface area contributed by atoms with Crippen LogP contribution in [0.2, 0.25) is 0 Å². The van der Waals surface area contributed by atoms with Gasteiger partial charge < -0.3 is 15.6 Å². The van der Waals surface area contributed by atoms with Crippen LogP contribution in [0.25, 0.3) is 0 Å². The maximum Gasteiger partial charge on any atom is 0.213 e. The molecule has 4 heteroatoms. The highest BCUT2D eigenvalue weighted by Crippen LogP contribution is 2.12. The zero-order valence-corrected chi connectivity index (χ0v) is 7.60. The molecule has 0 saturated heterocycles. The number of rotatable bonds is 4. The molecule has 72 valence electrons. The third-order valence-corrected chi connectivity index (χ3v) is 1.68. The van der Waals surface area contributed by atoms with E-state index in [4.69, 9.17) is 15.6 Å². The molecule has 4 nitrogen and oxygen atoms in total. The van der Waals surface area contributed by atoms with E-state index in [-0.39, 0.29) is 12.6 Å². The van der Waals surface area contributed by atoms with E-state index in [0.29, 0.717) is 12.5 Å². The van der Waals surface area contributed by atoms with Crippen molar-refractivity contribution < 1.29 is 9.84 Å². The lowest BCUT2D eigenvalue weighted by Crippen LogP contribution is -2.14. The van der Waals surface area contributed by atoms with Gasteiger partial charge in [0.25, 0.3) is 0 Å². The van der Waals surface area contributed by atoms with Gasteiger partial charge in [0.15, 0.2) is 0 Å². The SMILES string of the molecule is CCOc1ccc([C@@H](N)CO)cn1. The third kappa shape index (κ3) is 2.68. The predicted octanol–water partition coefficient (Wildman–Crippen LogP) is 0.472. The number of hydrogen-bond acceptors (Lipinski definition) is 4. The Morgan fingerprint density at radius 3 is 2.85 bits per heavy atom. The second kappa shape index (κ2) is 4.79. The average Bonchev–Trinajstić information content (AvgIpc) is 2.18. The number of aliphatic hydroxyl groups excluding tert-OH is 1. The number of aliphatic hydroxyl groups is 1. The first-order chi connectivity index (χ1) is 6.27. The molecule has 0 aromatic carbocycles. The second-order valence-electron chi connectivity index (χ2n) is 2.65. The Hall–Kier alpha value is -1.13. The molecule has 0 aliphatic heterocycles. The van der Waals surface area contributed by atoms with Crippen molar-refractivity contribution in [1.82, 2.24) is 4.98 Å². The van der Waals surface area contributed by atoms with Crippen LogP contribution in [0, 0.1) is 0 Å². The lowest BCUT2D eigenvalue weighted by molar-refractivity contribution is 0.267. The Balaban J connectivity index is 2.69. The summed E-state index contributed by atoms with van der Waals surface area (Å²) in [4.78, 5) is 4.02. The van der Waals surface area contributed by atoms with Crippen LogP contribution < -0.4 is 10.5 Å². The van der Waals surface area contributed by atoms with Gasteiger partial charge in [0.05, 0.1) is 19.3 Å². The average molecular weight is 182 g/mol. The van der Waals surface area contributed by atoms with E-state index in [1.165, 1.54) is 0 Å². The van der Waals surface area contributed by atoms with E-state index >= 15 is 0 Å². The molecule has 0 saturated carbocycles. The summed E-state index contributed by atoms with van der Waals surface area (Å²) in [5, 5.41) is 8.78. The summed E-state index contributed by atoms with van der Waals surface area (Å²) in [5.74, 6) is 0.580. The first-order valence-corrected chi connectivity index (χ1v) is 4.23. The molecule has 1 heterocycles. The Kier molecular flexibility index (Phi) is 3.67. The lowest BCUT2D eigenvalue weighted by atomic mass is 10.1. The number of hydrogen-bond donors (Lipinski definition) is 2. The minimum Gasteiger partial charge on any atom is -0.478 e. The van der Waals surface area contributed by atoms with Crippen LogP contribution in [0.15, 0.2) is 18.3 Å². The Morgan fingerprint density at radius 2 is 2.38 bits per heavy atom. The van der Waals surface area contributed by atoms with Gasteiger partial charge >= 0.3 is 0 Å². The summed E-state index contributed by atoms with van der Waals surface area (Å²) >= 11 is 0. The van der Waals surface area contributed by atoms with Crippen LogP contribution in [0.1, 0.15) is 18.5 Å². The van der Waals surface area contributed by atoms with E-state index in [1.54, 1.807) is 18.3 Å². The summed E-state index contributed by atoms with van der Waals surface area (Å²) in [7, 11) is 0. The van der Waals surface area contributed by atoms with Gasteiger partial charge in [0.2, 0.25) is 5.88 Å². The van der Waals surface area contributed by atoms with Gasteiger partial charge in [-0.3, -0.25) is 0 Å². The molecular formula is C9H14N2O2. The highest BCUT2D eigenvalue weighted by atomic mass is 16.5. The summed E-state index contributed by atoms with van der Waals surface area (Å²) in [5.41, 5.74) is 6.40. The van der Waals surface area contributed by atoms with Crippen LogP contribution >= 0.6 is 0 Å². The number of nitrogens with two attached hydrogens (primary N) is 1. The normalized spacial score (nSPS) is 12.5. The number of nitrogens with zero attached hydrogens (tertiary/aromatic N) is 1. The monoisotopic (exact) mass is 182 g/mol. The van der Waals surface area contributed by atoms with E-state index in [2.05, 4.69) is 4.98 Å². The molecule has 1 atom stereocenters. The molecule has 0 bridgehead atoms. The van der Waals surface area contributed by atoms with Gasteiger partial charge in [-0.2, -0.15) is 0 Å². The maximum atomic E-state index is 8.78. The molecule has 0 fully saturated rings. The van der Waals surface area contributed by atoms with Crippen molar-refractivity contribution in [3.8, 4) is 5.88 Å². The molecule has 0 aliphatic carbocycles. The van der Waals surface area contributed by atoms with Gasteiger partial charge in [0.1, 0.15) is 0 Å². The molecule has 1 rings (SSSR count). The van der Waals surface area contributed by atoms with Crippen LogP contribution in [0.3, 0.4) is 0 Å². The van der Waals surface area contributed by atoms with Crippen molar-refractivity contribution in [3.63, 3.8) is 0 Å². The highest BCUT2D eigenvalue weighted by molar-refractivity contribution is 5.20. The fourth-order valence-electron chi connectivity index (χ4n) is 0.950. The Bertz CT molecular complexity index is 248. The summed E-state index contributed by atoms with van der Waals surface area (Å²) in [6.07, 6.45) is 1.62. The standard InChI is InChI=1S/C9H14N2O2/c1-2-13-9-4-3-7(5-11-9)8(10)6-12/h3-5,8,12H,2,6,10H2,1H3/t8-/m0/s1. The van der Waals surface area contributed by atoms with Crippen LogP contribution in [0.5, 0.6) is 5.88 Å². The van der Waals surface area contributed by atoms with E-state index < -0.39 is 0 Å². The van der Waals surface area contributed by atoms with Crippen LogP contribution in [-0.2, 0) is 0 Å². The Labute approximate surface area is 77.4 Å². The Morgan fingerprint density at radius 1 is 1.62 bits per heavy atom. The minimum absolute atomic E-state index is 0.0737. The molecule has 3 N–H and O–H groups in total. The largest absolute Gasteiger partial charge is 0.478 e. The number of ether oxygens (including phenoxy) is 1. The zero-order chi connectivity index (χ0) is 9.68. The van der Waals surface area contributed by atoms with Gasteiger partial charge in [-0.05, 0) is 12.5 Å². The summed E-state index contributed by atoms with van der Waals surface area (Å²) in [6.45, 7) is 2.42. The lowest BCUT2D eigenvalue weighted by Gasteiger charge is -2.08.